The van der Waals surface area contributed by atoms with Crippen molar-refractivity contribution in [2.24, 2.45) is 0 Å². The van der Waals surface area contributed by atoms with E-state index in [-0.39, 0.29) is 26.3 Å². The van der Waals surface area contributed by atoms with Crippen LogP contribution in [0.25, 0.3) is 0 Å². The number of hydrogen-bond acceptors (Lipinski definition) is 8. The molecule has 8 nitrogen and oxygen atoms in total. The number of hydrogen-bond donors (Lipinski definition) is 2. The van der Waals surface area contributed by atoms with Gasteiger partial charge < -0.3 is 9.47 Å². The maximum Gasteiger partial charge on any atom is 0.338 e. The topological polar surface area (TPSA) is 93.2 Å². The highest BCUT2D eigenvalue weighted by Gasteiger charge is 2.24. The van der Waals surface area contributed by atoms with Crippen LogP contribution < -0.4 is 0 Å². The summed E-state index contributed by atoms with van der Waals surface area (Å²) in [5.41, 5.74) is 0.745. The Labute approximate surface area is 184 Å². The van der Waals surface area contributed by atoms with Crippen molar-refractivity contribution < 1.29 is 28.7 Å². The number of nitrogens with zero attached hydrogens (tertiary/aromatic N) is 2. The van der Waals surface area contributed by atoms with E-state index in [2.05, 4.69) is 25.6 Å². The minimum absolute atomic E-state index is 0.100. The van der Waals surface area contributed by atoms with Gasteiger partial charge in [0.05, 0.1) is 24.2 Å². The number of carbonyl (C=O) groups excluding carboxylic acids is 4. The number of carbonyl (C=O) groups is 4. The smallest absolute Gasteiger partial charge is 0.338 e. The quantitative estimate of drug-likeness (QED) is 0.365. The lowest BCUT2D eigenvalue weighted by atomic mass is 10.2. The van der Waals surface area contributed by atoms with Crippen molar-refractivity contribution in [1.82, 2.24) is 8.61 Å². The Morgan fingerprint density at radius 2 is 0.967 bits per heavy atom. The van der Waals surface area contributed by atoms with E-state index in [1.807, 2.05) is 0 Å². The van der Waals surface area contributed by atoms with E-state index in [4.69, 9.17) is 9.47 Å². The Balaban J connectivity index is 1.70. The molecule has 0 bridgehead atoms. The van der Waals surface area contributed by atoms with Crippen LogP contribution in [-0.4, -0.2) is 58.7 Å². The summed E-state index contributed by atoms with van der Waals surface area (Å²) in [6.45, 7) is -0.483. The SMILES string of the molecule is O=C(OCCN(S)C(=O)C(=O)N(S)CCOC(=O)c1ccccc1)c1ccccc1. The number of ether oxygens (including phenoxy) is 2. The molecule has 0 aliphatic carbocycles. The third-order valence-electron chi connectivity index (χ3n) is 3.74. The molecule has 30 heavy (non-hydrogen) atoms. The van der Waals surface area contributed by atoms with Crippen molar-refractivity contribution in [3.63, 3.8) is 0 Å². The number of rotatable bonds is 8. The van der Waals surface area contributed by atoms with Crippen molar-refractivity contribution in [1.29, 1.82) is 0 Å². The van der Waals surface area contributed by atoms with Crippen LogP contribution in [0.1, 0.15) is 20.7 Å². The lowest BCUT2D eigenvalue weighted by Crippen LogP contribution is -2.40. The molecule has 10 heteroatoms. The van der Waals surface area contributed by atoms with E-state index in [9.17, 15) is 19.2 Å². The fourth-order valence-corrected chi connectivity index (χ4v) is 2.52. The highest BCUT2D eigenvalue weighted by atomic mass is 32.1. The molecule has 0 atom stereocenters. The van der Waals surface area contributed by atoms with Gasteiger partial charge in [0.1, 0.15) is 13.2 Å². The zero-order chi connectivity index (χ0) is 21.9. The maximum atomic E-state index is 12.1. The lowest BCUT2D eigenvalue weighted by Gasteiger charge is -2.19. The van der Waals surface area contributed by atoms with Crippen molar-refractivity contribution >= 4 is 49.4 Å². The van der Waals surface area contributed by atoms with E-state index in [0.29, 0.717) is 11.1 Å². The molecule has 0 aliphatic heterocycles. The standard InChI is InChI=1S/C20H20N2O6S2/c23-17(21(29)11-13-27-19(25)15-7-3-1-4-8-15)18(24)22(30)12-14-28-20(26)16-9-5-2-6-10-16/h1-10,29-30H,11-14H2. The minimum atomic E-state index is -0.960. The van der Waals surface area contributed by atoms with Crippen LogP contribution in [0.15, 0.2) is 60.7 Å². The summed E-state index contributed by atoms with van der Waals surface area (Å²) in [7, 11) is 0. The molecule has 2 aromatic rings. The average Bonchev–Trinajstić information content (AvgIpc) is 2.78. The highest BCUT2D eigenvalue weighted by Crippen LogP contribution is 2.05. The second-order valence-corrected chi connectivity index (χ2v) is 6.83. The minimum Gasteiger partial charge on any atom is -0.460 e. The predicted molar refractivity (Wildman–Crippen MR) is 115 cm³/mol. The Morgan fingerprint density at radius 3 is 1.30 bits per heavy atom. The number of amides is 2. The molecule has 0 saturated heterocycles. The molecule has 0 aliphatic rings. The van der Waals surface area contributed by atoms with Gasteiger partial charge in [0.2, 0.25) is 0 Å². The molecule has 0 aromatic heterocycles. The molecular formula is C20H20N2O6S2. The second kappa shape index (κ2) is 11.9. The van der Waals surface area contributed by atoms with Crippen molar-refractivity contribution in [2.45, 2.75) is 0 Å². The third-order valence-corrected chi connectivity index (χ3v) is 4.51. The highest BCUT2D eigenvalue weighted by molar-refractivity contribution is 7.79. The normalized spacial score (nSPS) is 10.1. The van der Waals surface area contributed by atoms with E-state index in [1.54, 1.807) is 60.7 Å². The molecule has 0 spiro atoms. The number of thiol groups is 2. The molecule has 2 aromatic carbocycles. The third kappa shape index (κ3) is 7.12. The van der Waals surface area contributed by atoms with Gasteiger partial charge in [-0.2, -0.15) is 0 Å². The van der Waals surface area contributed by atoms with Gasteiger partial charge in [0, 0.05) is 0 Å². The molecule has 2 amide bonds. The predicted octanol–water partition coefficient (Wildman–Crippen LogP) is 2.05. The van der Waals surface area contributed by atoms with Gasteiger partial charge in [-0.3, -0.25) is 18.2 Å². The molecule has 0 heterocycles. The molecular weight excluding hydrogens is 428 g/mol. The van der Waals surface area contributed by atoms with Crippen LogP contribution in [0.2, 0.25) is 0 Å². The number of esters is 2. The van der Waals surface area contributed by atoms with Crippen molar-refractivity contribution in [2.75, 3.05) is 26.3 Å². The van der Waals surface area contributed by atoms with Crippen LogP contribution in [0, 0.1) is 0 Å². The van der Waals surface area contributed by atoms with Crippen molar-refractivity contribution in [3.8, 4) is 0 Å². The summed E-state index contributed by atoms with van der Waals surface area (Å²) in [5, 5.41) is 0. The van der Waals surface area contributed by atoms with Crippen LogP contribution in [0.4, 0.5) is 0 Å². The molecule has 0 fully saturated rings. The van der Waals surface area contributed by atoms with Crippen molar-refractivity contribution in [3.05, 3.63) is 71.8 Å². The van der Waals surface area contributed by atoms with E-state index < -0.39 is 23.8 Å². The molecule has 0 saturated carbocycles. The summed E-state index contributed by atoms with van der Waals surface area (Å²) < 4.78 is 11.7. The van der Waals surface area contributed by atoms with Gasteiger partial charge in [-0.05, 0) is 24.3 Å². The van der Waals surface area contributed by atoms with Gasteiger partial charge in [0.15, 0.2) is 0 Å². The summed E-state index contributed by atoms with van der Waals surface area (Å²) in [4.78, 5) is 47.9. The van der Waals surface area contributed by atoms with E-state index in [0.717, 1.165) is 8.61 Å². The largest absolute Gasteiger partial charge is 0.460 e. The van der Waals surface area contributed by atoms with Gasteiger partial charge in [-0.25, -0.2) is 9.59 Å². The van der Waals surface area contributed by atoms with Gasteiger partial charge in [-0.1, -0.05) is 62.0 Å². The van der Waals surface area contributed by atoms with Crippen LogP contribution in [0.3, 0.4) is 0 Å². The molecule has 2 rings (SSSR count). The fraction of sp³-hybridized carbons (Fsp3) is 0.200. The van der Waals surface area contributed by atoms with Crippen LogP contribution >= 0.6 is 25.6 Å². The molecule has 0 N–H and O–H groups in total. The monoisotopic (exact) mass is 448 g/mol. The first-order chi connectivity index (χ1) is 14.4. The van der Waals surface area contributed by atoms with Crippen LogP contribution in [-0.2, 0) is 19.1 Å². The van der Waals surface area contributed by atoms with Gasteiger partial charge >= 0.3 is 23.8 Å². The first-order valence-electron chi connectivity index (χ1n) is 8.85. The number of benzene rings is 2. The Hall–Kier alpha value is -2.98. The molecule has 0 unspecified atom stereocenters. The first-order valence-corrected chi connectivity index (χ1v) is 9.65. The average molecular weight is 449 g/mol. The second-order valence-electron chi connectivity index (χ2n) is 5.86. The Bertz CT molecular complexity index is 806. The summed E-state index contributed by atoms with van der Waals surface area (Å²) >= 11 is 7.89. The van der Waals surface area contributed by atoms with Crippen LogP contribution in [0.5, 0.6) is 0 Å². The molecule has 0 radical (unpaired) electrons. The first kappa shape index (κ1) is 23.3. The van der Waals surface area contributed by atoms with Gasteiger partial charge in [-0.15, -0.1) is 0 Å². The summed E-state index contributed by atoms with van der Waals surface area (Å²) in [5.74, 6) is -3.02. The van der Waals surface area contributed by atoms with E-state index in [1.165, 1.54) is 0 Å². The van der Waals surface area contributed by atoms with Gasteiger partial charge in [0.25, 0.3) is 0 Å². The Kier molecular flexibility index (Phi) is 9.23. The molecule has 158 valence electrons. The summed E-state index contributed by atoms with van der Waals surface area (Å²) in [6, 6.07) is 16.7. The van der Waals surface area contributed by atoms with E-state index >= 15 is 0 Å². The maximum absolute atomic E-state index is 12.1. The lowest BCUT2D eigenvalue weighted by molar-refractivity contribution is -0.145. The fourth-order valence-electron chi connectivity index (χ4n) is 2.19. The Morgan fingerprint density at radius 1 is 0.633 bits per heavy atom. The zero-order valence-corrected chi connectivity index (χ0v) is 17.6. The summed E-state index contributed by atoms with van der Waals surface area (Å²) in [6.07, 6.45) is 0. The zero-order valence-electron chi connectivity index (χ0n) is 15.8.